The van der Waals surface area contributed by atoms with Crippen molar-refractivity contribution in [2.75, 3.05) is 18.5 Å². The zero-order valence-corrected chi connectivity index (χ0v) is 18.3. The van der Waals surface area contributed by atoms with Gasteiger partial charge in [-0.05, 0) is 44.5 Å². The molecule has 0 aliphatic heterocycles. The van der Waals surface area contributed by atoms with Gasteiger partial charge in [0.1, 0.15) is 0 Å². The van der Waals surface area contributed by atoms with Gasteiger partial charge in [0.05, 0.1) is 29.1 Å². The van der Waals surface area contributed by atoms with Crippen LogP contribution in [0.25, 0.3) is 0 Å². The highest BCUT2D eigenvalue weighted by atomic mass is 16.6. The van der Waals surface area contributed by atoms with E-state index in [0.29, 0.717) is 5.56 Å². The molecule has 166 valence electrons. The number of carbonyl (C=O) groups is 2. The van der Waals surface area contributed by atoms with Crippen molar-refractivity contribution in [3.8, 4) is 0 Å². The topological polar surface area (TPSA) is 102 Å². The molecular formula is C23H29N3O5. The van der Waals surface area contributed by atoms with E-state index in [-0.39, 0.29) is 23.8 Å². The molecule has 0 bridgehead atoms. The van der Waals surface area contributed by atoms with E-state index in [9.17, 15) is 19.7 Å². The molecule has 0 aliphatic carbocycles. The SMILES string of the molecule is CCCN(C)c1ccc(C(=O)NC(CC(=O)OC(C)C)c2ccccc2[N+](=O)[O-])cc1. The third kappa shape index (κ3) is 6.80. The van der Waals surface area contributed by atoms with Gasteiger partial charge in [-0.3, -0.25) is 19.7 Å². The fourth-order valence-electron chi connectivity index (χ4n) is 3.24. The summed E-state index contributed by atoms with van der Waals surface area (Å²) >= 11 is 0. The minimum Gasteiger partial charge on any atom is -0.463 e. The molecule has 0 saturated heterocycles. The Labute approximate surface area is 182 Å². The number of amides is 1. The van der Waals surface area contributed by atoms with Crippen LogP contribution in [0.5, 0.6) is 0 Å². The number of nitrogens with one attached hydrogen (secondary N) is 1. The molecule has 8 nitrogen and oxygen atoms in total. The van der Waals surface area contributed by atoms with Crippen LogP contribution in [0.2, 0.25) is 0 Å². The third-order valence-electron chi connectivity index (χ3n) is 4.68. The van der Waals surface area contributed by atoms with Gasteiger partial charge in [0.15, 0.2) is 0 Å². The van der Waals surface area contributed by atoms with Crippen molar-refractivity contribution in [3.05, 3.63) is 69.8 Å². The van der Waals surface area contributed by atoms with Gasteiger partial charge in [-0.25, -0.2) is 0 Å². The summed E-state index contributed by atoms with van der Waals surface area (Å²) in [6.45, 7) is 6.41. The lowest BCUT2D eigenvalue weighted by Gasteiger charge is -2.20. The molecule has 0 aromatic heterocycles. The van der Waals surface area contributed by atoms with Crippen LogP contribution in [0, 0.1) is 10.1 Å². The molecule has 8 heteroatoms. The average Bonchev–Trinajstić information content (AvgIpc) is 2.73. The Morgan fingerprint density at radius 1 is 1.13 bits per heavy atom. The van der Waals surface area contributed by atoms with E-state index in [2.05, 4.69) is 17.1 Å². The number of hydrogen-bond acceptors (Lipinski definition) is 6. The minimum absolute atomic E-state index is 0.165. The van der Waals surface area contributed by atoms with Crippen LogP contribution in [0.3, 0.4) is 0 Å². The maximum atomic E-state index is 12.9. The summed E-state index contributed by atoms with van der Waals surface area (Å²) in [7, 11) is 1.98. The quantitative estimate of drug-likeness (QED) is 0.345. The van der Waals surface area contributed by atoms with E-state index in [1.54, 1.807) is 38.1 Å². The number of nitro groups is 1. The Morgan fingerprint density at radius 2 is 1.77 bits per heavy atom. The predicted molar refractivity (Wildman–Crippen MR) is 119 cm³/mol. The highest BCUT2D eigenvalue weighted by Crippen LogP contribution is 2.28. The smallest absolute Gasteiger partial charge is 0.308 e. The van der Waals surface area contributed by atoms with E-state index in [1.807, 2.05) is 19.2 Å². The number of esters is 1. The standard InChI is InChI=1S/C23H29N3O5/c1-5-14-25(4)18-12-10-17(11-13-18)23(28)24-20(15-22(27)31-16(2)3)19-8-6-7-9-21(19)26(29)30/h6-13,16,20H,5,14-15H2,1-4H3,(H,24,28). The number of nitrogens with zero attached hydrogens (tertiary/aromatic N) is 2. The Bertz CT molecular complexity index is 912. The first-order valence-electron chi connectivity index (χ1n) is 10.3. The number of para-hydroxylation sites is 1. The average molecular weight is 428 g/mol. The molecule has 2 aromatic rings. The first-order chi connectivity index (χ1) is 14.7. The number of nitro benzene ring substituents is 1. The van der Waals surface area contributed by atoms with Crippen molar-refractivity contribution in [1.29, 1.82) is 0 Å². The van der Waals surface area contributed by atoms with Gasteiger partial charge in [0.25, 0.3) is 11.6 Å². The summed E-state index contributed by atoms with van der Waals surface area (Å²) in [6.07, 6.45) is 0.455. The molecule has 0 saturated carbocycles. The van der Waals surface area contributed by atoms with Crippen molar-refractivity contribution in [3.63, 3.8) is 0 Å². The number of rotatable bonds is 10. The van der Waals surface area contributed by atoms with Crippen LogP contribution in [0.15, 0.2) is 48.5 Å². The molecule has 1 N–H and O–H groups in total. The lowest BCUT2D eigenvalue weighted by atomic mass is 10.0. The molecule has 1 unspecified atom stereocenters. The Kier molecular flexibility index (Phi) is 8.54. The van der Waals surface area contributed by atoms with Crippen LogP contribution in [-0.2, 0) is 9.53 Å². The molecule has 0 fully saturated rings. The summed E-state index contributed by atoms with van der Waals surface area (Å²) in [5.41, 5.74) is 1.46. The van der Waals surface area contributed by atoms with Gasteiger partial charge in [0.2, 0.25) is 0 Å². The summed E-state index contributed by atoms with van der Waals surface area (Å²) in [6, 6.07) is 12.2. The molecule has 2 rings (SSSR count). The Balaban J connectivity index is 2.27. The van der Waals surface area contributed by atoms with Crippen LogP contribution in [-0.4, -0.2) is 36.5 Å². The molecule has 0 heterocycles. The molecule has 0 aliphatic rings. The van der Waals surface area contributed by atoms with Crippen LogP contribution < -0.4 is 10.2 Å². The normalized spacial score (nSPS) is 11.6. The van der Waals surface area contributed by atoms with Crippen molar-refractivity contribution in [2.45, 2.75) is 45.8 Å². The summed E-state index contributed by atoms with van der Waals surface area (Å²) < 4.78 is 5.19. The number of ether oxygens (including phenoxy) is 1. The van der Waals surface area contributed by atoms with Crippen LogP contribution in [0.1, 0.15) is 55.6 Å². The monoisotopic (exact) mass is 427 g/mol. The first kappa shape index (κ1) is 23.9. The van der Waals surface area contributed by atoms with E-state index >= 15 is 0 Å². The van der Waals surface area contributed by atoms with Gasteiger partial charge in [-0.1, -0.05) is 25.1 Å². The van der Waals surface area contributed by atoms with Gasteiger partial charge >= 0.3 is 5.97 Å². The Morgan fingerprint density at radius 3 is 2.35 bits per heavy atom. The van der Waals surface area contributed by atoms with Crippen molar-refractivity contribution in [1.82, 2.24) is 5.32 Å². The molecule has 31 heavy (non-hydrogen) atoms. The molecule has 2 aromatic carbocycles. The van der Waals surface area contributed by atoms with Gasteiger partial charge < -0.3 is 15.0 Å². The van der Waals surface area contributed by atoms with Crippen LogP contribution >= 0.6 is 0 Å². The maximum absolute atomic E-state index is 12.9. The number of carbonyl (C=O) groups excluding carboxylic acids is 2. The number of anilines is 1. The van der Waals surface area contributed by atoms with E-state index in [4.69, 9.17) is 4.74 Å². The van der Waals surface area contributed by atoms with Gasteiger partial charge in [-0.15, -0.1) is 0 Å². The van der Waals surface area contributed by atoms with Crippen molar-refractivity contribution >= 4 is 23.3 Å². The van der Waals surface area contributed by atoms with E-state index in [1.165, 1.54) is 12.1 Å². The summed E-state index contributed by atoms with van der Waals surface area (Å²) in [4.78, 5) is 38.2. The largest absolute Gasteiger partial charge is 0.463 e. The van der Waals surface area contributed by atoms with Gasteiger partial charge in [0, 0.05) is 30.9 Å². The van der Waals surface area contributed by atoms with E-state index < -0.39 is 22.8 Å². The van der Waals surface area contributed by atoms with Crippen molar-refractivity contribution < 1.29 is 19.2 Å². The first-order valence-corrected chi connectivity index (χ1v) is 10.3. The predicted octanol–water partition coefficient (Wildman–Crippen LogP) is 4.25. The molecule has 1 atom stereocenters. The van der Waals surface area contributed by atoms with Crippen LogP contribution in [0.4, 0.5) is 11.4 Å². The third-order valence-corrected chi connectivity index (χ3v) is 4.68. The highest BCUT2D eigenvalue weighted by molar-refractivity contribution is 5.95. The summed E-state index contributed by atoms with van der Waals surface area (Å²) in [5.74, 6) is -0.972. The second-order valence-corrected chi connectivity index (χ2v) is 7.55. The molecule has 0 spiro atoms. The molecular weight excluding hydrogens is 398 g/mol. The highest BCUT2D eigenvalue weighted by Gasteiger charge is 2.27. The minimum atomic E-state index is -0.900. The zero-order chi connectivity index (χ0) is 23.0. The molecule has 0 radical (unpaired) electrons. The number of hydrogen-bond donors (Lipinski definition) is 1. The lowest BCUT2D eigenvalue weighted by molar-refractivity contribution is -0.385. The lowest BCUT2D eigenvalue weighted by Crippen LogP contribution is -2.31. The maximum Gasteiger partial charge on any atom is 0.308 e. The molecule has 1 amide bonds. The fraction of sp³-hybridized carbons (Fsp3) is 0.391. The van der Waals surface area contributed by atoms with Crippen molar-refractivity contribution in [2.24, 2.45) is 0 Å². The Hall–Kier alpha value is -3.42. The number of benzene rings is 2. The fourth-order valence-corrected chi connectivity index (χ4v) is 3.24. The summed E-state index contributed by atoms with van der Waals surface area (Å²) in [5, 5.41) is 14.2. The second kappa shape index (κ2) is 11.1. The van der Waals surface area contributed by atoms with E-state index in [0.717, 1.165) is 18.7 Å². The van der Waals surface area contributed by atoms with Gasteiger partial charge in [-0.2, -0.15) is 0 Å². The zero-order valence-electron chi connectivity index (χ0n) is 18.3. The second-order valence-electron chi connectivity index (χ2n) is 7.55.